The van der Waals surface area contributed by atoms with E-state index >= 15 is 0 Å². The number of pyridine rings is 1. The first-order valence-electron chi connectivity index (χ1n) is 10.9. The van der Waals surface area contributed by atoms with Crippen LogP contribution in [0.1, 0.15) is 28.0 Å². The highest BCUT2D eigenvalue weighted by molar-refractivity contribution is 7.09. The molecule has 0 saturated carbocycles. The molecule has 1 atom stereocenters. The van der Waals surface area contributed by atoms with Crippen molar-refractivity contribution in [1.29, 1.82) is 0 Å². The number of nitrogens with zero attached hydrogens (tertiary/aromatic N) is 2. The maximum atomic E-state index is 13.4. The van der Waals surface area contributed by atoms with Crippen molar-refractivity contribution < 1.29 is 14.0 Å². The van der Waals surface area contributed by atoms with Gasteiger partial charge in [-0.2, -0.15) is 0 Å². The minimum Gasteiger partial charge on any atom is -0.320 e. The maximum absolute atomic E-state index is 13.4. The number of hydrogen-bond acceptors (Lipinski definition) is 6. The molecule has 178 valence electrons. The topological polar surface area (TPSA) is 93.1 Å². The zero-order chi connectivity index (χ0) is 24.9. The monoisotopic (exact) mass is 490 g/mol. The Kier molecular flexibility index (Phi) is 7.28. The SMILES string of the molecule is CNC(C)C(=O)Nc1ccc(-c2ccccc2)n(Cc2nc(C(=O)c3ccc(F)cc3)cs2)c1=O. The smallest absolute Gasteiger partial charge is 0.275 e. The van der Waals surface area contributed by atoms with Crippen molar-refractivity contribution in [3.63, 3.8) is 0 Å². The number of thiazole rings is 1. The van der Waals surface area contributed by atoms with Gasteiger partial charge in [0.25, 0.3) is 5.56 Å². The normalized spacial score (nSPS) is 11.7. The second kappa shape index (κ2) is 10.5. The highest BCUT2D eigenvalue weighted by Crippen LogP contribution is 2.22. The van der Waals surface area contributed by atoms with Gasteiger partial charge in [-0.05, 0) is 55.9 Å². The van der Waals surface area contributed by atoms with Gasteiger partial charge in [-0.25, -0.2) is 9.37 Å². The third-order valence-electron chi connectivity index (χ3n) is 5.51. The minimum atomic E-state index is -0.476. The fourth-order valence-corrected chi connectivity index (χ4v) is 4.20. The molecule has 0 spiro atoms. The highest BCUT2D eigenvalue weighted by atomic mass is 32.1. The summed E-state index contributed by atoms with van der Waals surface area (Å²) in [4.78, 5) is 42.9. The highest BCUT2D eigenvalue weighted by Gasteiger charge is 2.18. The first-order chi connectivity index (χ1) is 16.9. The molecule has 4 rings (SSSR count). The summed E-state index contributed by atoms with van der Waals surface area (Å²) in [7, 11) is 1.66. The van der Waals surface area contributed by atoms with Gasteiger partial charge in [-0.1, -0.05) is 30.3 Å². The van der Waals surface area contributed by atoms with E-state index in [1.807, 2.05) is 30.3 Å². The van der Waals surface area contributed by atoms with Gasteiger partial charge in [0.2, 0.25) is 11.7 Å². The van der Waals surface area contributed by atoms with E-state index in [-0.39, 0.29) is 35.2 Å². The molecule has 35 heavy (non-hydrogen) atoms. The molecular formula is C26H23FN4O3S. The van der Waals surface area contributed by atoms with Gasteiger partial charge in [0.05, 0.1) is 18.3 Å². The number of nitrogens with one attached hydrogen (secondary N) is 2. The van der Waals surface area contributed by atoms with Gasteiger partial charge >= 0.3 is 0 Å². The number of rotatable bonds is 8. The Morgan fingerprint density at radius 1 is 1.06 bits per heavy atom. The Labute approximate surface area is 205 Å². The lowest BCUT2D eigenvalue weighted by molar-refractivity contribution is -0.117. The molecule has 7 nitrogen and oxygen atoms in total. The van der Waals surface area contributed by atoms with Crippen molar-refractivity contribution in [2.24, 2.45) is 0 Å². The van der Waals surface area contributed by atoms with Gasteiger partial charge < -0.3 is 10.6 Å². The molecule has 9 heteroatoms. The molecule has 0 aliphatic rings. The standard InChI is InChI=1S/C26H23FN4O3S/c1-16(28-2)25(33)30-20-12-13-22(17-6-4-3-5-7-17)31(26(20)34)14-23-29-21(15-35-23)24(32)18-8-10-19(27)11-9-18/h3-13,15-16,28H,14H2,1-2H3,(H,30,33). The number of benzene rings is 2. The van der Waals surface area contributed by atoms with E-state index in [2.05, 4.69) is 15.6 Å². The van der Waals surface area contributed by atoms with E-state index < -0.39 is 11.9 Å². The lowest BCUT2D eigenvalue weighted by atomic mass is 10.1. The van der Waals surface area contributed by atoms with Crippen molar-refractivity contribution in [3.05, 3.63) is 105 Å². The Bertz CT molecular complexity index is 1410. The van der Waals surface area contributed by atoms with Crippen LogP contribution in [0.3, 0.4) is 0 Å². The zero-order valence-corrected chi connectivity index (χ0v) is 19.9. The van der Waals surface area contributed by atoms with Crippen molar-refractivity contribution in [2.75, 3.05) is 12.4 Å². The van der Waals surface area contributed by atoms with Crippen LogP contribution < -0.4 is 16.2 Å². The Balaban J connectivity index is 1.69. The zero-order valence-electron chi connectivity index (χ0n) is 19.1. The van der Waals surface area contributed by atoms with Crippen LogP contribution in [0.2, 0.25) is 0 Å². The summed E-state index contributed by atoms with van der Waals surface area (Å²) in [5.74, 6) is -1.08. The third-order valence-corrected chi connectivity index (χ3v) is 6.35. The van der Waals surface area contributed by atoms with Gasteiger partial charge in [0.15, 0.2) is 0 Å². The summed E-state index contributed by atoms with van der Waals surface area (Å²) < 4.78 is 14.7. The molecule has 0 bridgehead atoms. The summed E-state index contributed by atoms with van der Waals surface area (Å²) in [6.45, 7) is 1.80. The minimum absolute atomic E-state index is 0.107. The summed E-state index contributed by atoms with van der Waals surface area (Å²) >= 11 is 1.25. The van der Waals surface area contributed by atoms with Crippen LogP contribution in [-0.4, -0.2) is 34.3 Å². The lowest BCUT2D eigenvalue weighted by Gasteiger charge is -2.16. The molecule has 2 N–H and O–H groups in total. The van der Waals surface area contributed by atoms with Crippen LogP contribution in [0.5, 0.6) is 0 Å². The average molecular weight is 491 g/mol. The van der Waals surface area contributed by atoms with E-state index in [9.17, 15) is 18.8 Å². The molecule has 2 aromatic carbocycles. The molecule has 4 aromatic rings. The number of carbonyl (C=O) groups is 2. The van der Waals surface area contributed by atoms with E-state index in [1.54, 1.807) is 31.5 Å². The van der Waals surface area contributed by atoms with E-state index in [0.29, 0.717) is 16.3 Å². The van der Waals surface area contributed by atoms with Crippen molar-refractivity contribution in [3.8, 4) is 11.3 Å². The average Bonchev–Trinajstić information content (AvgIpc) is 3.35. The summed E-state index contributed by atoms with van der Waals surface area (Å²) in [5, 5.41) is 7.69. The largest absolute Gasteiger partial charge is 0.320 e. The van der Waals surface area contributed by atoms with Crippen molar-refractivity contribution >= 4 is 28.7 Å². The Morgan fingerprint density at radius 3 is 2.46 bits per heavy atom. The molecule has 0 aliphatic heterocycles. The number of carbonyl (C=O) groups excluding carboxylic acids is 2. The van der Waals surface area contributed by atoms with E-state index in [4.69, 9.17) is 0 Å². The number of ketones is 1. The molecular weight excluding hydrogens is 467 g/mol. The third kappa shape index (κ3) is 5.42. The second-order valence-electron chi connectivity index (χ2n) is 7.85. The van der Waals surface area contributed by atoms with Crippen LogP contribution in [0.25, 0.3) is 11.3 Å². The lowest BCUT2D eigenvalue weighted by Crippen LogP contribution is -2.37. The molecule has 2 heterocycles. The molecule has 2 aromatic heterocycles. The van der Waals surface area contributed by atoms with Crippen LogP contribution in [-0.2, 0) is 11.3 Å². The number of anilines is 1. The number of hydrogen-bond donors (Lipinski definition) is 2. The fraction of sp³-hybridized carbons (Fsp3) is 0.154. The summed E-state index contributed by atoms with van der Waals surface area (Å²) in [5.41, 5.74) is 1.79. The quantitative estimate of drug-likeness (QED) is 0.365. The fourth-order valence-electron chi connectivity index (χ4n) is 3.44. The van der Waals surface area contributed by atoms with Crippen molar-refractivity contribution in [2.45, 2.75) is 19.5 Å². The van der Waals surface area contributed by atoms with Gasteiger partial charge in [-0.15, -0.1) is 11.3 Å². The maximum Gasteiger partial charge on any atom is 0.275 e. The van der Waals surface area contributed by atoms with Crippen LogP contribution in [0.4, 0.5) is 10.1 Å². The Morgan fingerprint density at radius 2 is 1.77 bits per heavy atom. The molecule has 0 radical (unpaired) electrons. The first-order valence-corrected chi connectivity index (χ1v) is 11.8. The van der Waals surface area contributed by atoms with Gasteiger partial charge in [0.1, 0.15) is 22.2 Å². The Hall–Kier alpha value is -3.95. The number of halogens is 1. The summed E-state index contributed by atoms with van der Waals surface area (Å²) in [6.07, 6.45) is 0. The predicted molar refractivity (Wildman–Crippen MR) is 134 cm³/mol. The number of likely N-dealkylation sites (N-methyl/N-ethyl adjacent to an activating group) is 1. The van der Waals surface area contributed by atoms with Crippen LogP contribution in [0, 0.1) is 5.82 Å². The molecule has 0 saturated heterocycles. The molecule has 1 unspecified atom stereocenters. The van der Waals surface area contributed by atoms with Crippen molar-refractivity contribution in [1.82, 2.24) is 14.9 Å². The predicted octanol–water partition coefficient (Wildman–Crippen LogP) is 3.94. The summed E-state index contributed by atoms with van der Waals surface area (Å²) in [6, 6.07) is 17.6. The van der Waals surface area contributed by atoms with E-state index in [0.717, 1.165) is 5.56 Å². The second-order valence-corrected chi connectivity index (χ2v) is 8.79. The van der Waals surface area contributed by atoms with E-state index in [1.165, 1.54) is 40.2 Å². The van der Waals surface area contributed by atoms with Gasteiger partial charge in [0, 0.05) is 10.9 Å². The first kappa shape index (κ1) is 24.2. The number of amides is 1. The molecule has 1 amide bonds. The van der Waals surface area contributed by atoms with Gasteiger partial charge in [-0.3, -0.25) is 19.0 Å². The molecule has 0 fully saturated rings. The number of aromatic nitrogens is 2. The van der Waals surface area contributed by atoms with Crippen LogP contribution >= 0.6 is 11.3 Å². The molecule has 0 aliphatic carbocycles. The van der Waals surface area contributed by atoms with Crippen LogP contribution in [0.15, 0.2) is 76.9 Å².